The number of hydrogen-bond acceptors (Lipinski definition) is 2. The summed E-state index contributed by atoms with van der Waals surface area (Å²) >= 11 is 0. The van der Waals surface area contributed by atoms with Crippen LogP contribution < -0.4 is 0 Å². The van der Waals surface area contributed by atoms with Gasteiger partial charge < -0.3 is 9.47 Å². The van der Waals surface area contributed by atoms with Crippen LogP contribution in [0.25, 0.3) is 0 Å². The van der Waals surface area contributed by atoms with Crippen LogP contribution in [0.5, 0.6) is 0 Å². The van der Waals surface area contributed by atoms with E-state index in [1.54, 1.807) is 0 Å². The molecule has 2 nitrogen and oxygen atoms in total. The van der Waals surface area contributed by atoms with Gasteiger partial charge in [-0.05, 0) is 36.8 Å². The van der Waals surface area contributed by atoms with Gasteiger partial charge in [0.05, 0.1) is 12.2 Å². The topological polar surface area (TPSA) is 18.5 Å². The average molecular weight is 282 g/mol. The van der Waals surface area contributed by atoms with E-state index in [0.29, 0.717) is 6.79 Å². The average Bonchev–Trinajstić information content (AvgIpc) is 3.00. The molecule has 1 saturated heterocycles. The molecule has 0 spiro atoms. The minimum Gasteiger partial charge on any atom is -0.349 e. The van der Waals surface area contributed by atoms with Gasteiger partial charge in [0, 0.05) is 0 Å². The number of benzene rings is 2. The number of hydrogen-bond donors (Lipinski definition) is 0. The molecule has 0 radical (unpaired) electrons. The van der Waals surface area contributed by atoms with Crippen molar-refractivity contribution in [2.24, 2.45) is 0 Å². The summed E-state index contributed by atoms with van der Waals surface area (Å²) in [6, 6.07) is 21.2. The highest BCUT2D eigenvalue weighted by atomic mass is 16.7. The molecule has 0 amide bonds. The molecule has 0 aliphatic carbocycles. The fraction of sp³-hybridized carbons (Fsp3) is 0.368. The van der Waals surface area contributed by atoms with Crippen molar-refractivity contribution in [2.45, 2.75) is 37.9 Å². The molecule has 0 saturated carbocycles. The first-order valence-corrected chi connectivity index (χ1v) is 7.73. The van der Waals surface area contributed by atoms with Gasteiger partial charge in [-0.1, -0.05) is 60.7 Å². The van der Waals surface area contributed by atoms with Gasteiger partial charge in [-0.2, -0.15) is 0 Å². The van der Waals surface area contributed by atoms with E-state index < -0.39 is 0 Å². The van der Waals surface area contributed by atoms with E-state index in [0.717, 1.165) is 25.7 Å². The van der Waals surface area contributed by atoms with E-state index in [1.165, 1.54) is 11.1 Å². The summed E-state index contributed by atoms with van der Waals surface area (Å²) in [6.45, 7) is 0.443. The first-order valence-electron chi connectivity index (χ1n) is 7.73. The summed E-state index contributed by atoms with van der Waals surface area (Å²) in [6.07, 6.45) is 4.63. The number of rotatable bonds is 6. The van der Waals surface area contributed by atoms with Gasteiger partial charge in [0.2, 0.25) is 0 Å². The van der Waals surface area contributed by atoms with Gasteiger partial charge in [0.15, 0.2) is 0 Å². The quantitative estimate of drug-likeness (QED) is 0.797. The van der Waals surface area contributed by atoms with Crippen molar-refractivity contribution in [3.63, 3.8) is 0 Å². The Morgan fingerprint density at radius 1 is 0.667 bits per heavy atom. The van der Waals surface area contributed by atoms with Crippen LogP contribution in [-0.2, 0) is 22.3 Å². The third-order valence-corrected chi connectivity index (χ3v) is 4.10. The molecule has 0 N–H and O–H groups in total. The summed E-state index contributed by atoms with van der Waals surface area (Å²) < 4.78 is 11.5. The molecule has 110 valence electrons. The summed E-state index contributed by atoms with van der Waals surface area (Å²) in [7, 11) is 0. The van der Waals surface area contributed by atoms with E-state index in [2.05, 4.69) is 60.7 Å². The second-order valence-electron chi connectivity index (χ2n) is 5.58. The van der Waals surface area contributed by atoms with Crippen LogP contribution in [0.3, 0.4) is 0 Å². The minimum absolute atomic E-state index is 0.230. The molecule has 1 fully saturated rings. The molecule has 2 heteroatoms. The van der Waals surface area contributed by atoms with Gasteiger partial charge in [0.1, 0.15) is 6.79 Å². The summed E-state index contributed by atoms with van der Waals surface area (Å²) in [5.41, 5.74) is 2.74. The van der Waals surface area contributed by atoms with E-state index in [1.807, 2.05) is 0 Å². The molecule has 1 aliphatic rings. The van der Waals surface area contributed by atoms with Gasteiger partial charge in [-0.15, -0.1) is 0 Å². The smallest absolute Gasteiger partial charge is 0.147 e. The van der Waals surface area contributed by atoms with E-state index in [-0.39, 0.29) is 12.2 Å². The van der Waals surface area contributed by atoms with Gasteiger partial charge >= 0.3 is 0 Å². The second kappa shape index (κ2) is 7.39. The van der Waals surface area contributed by atoms with Crippen LogP contribution in [0.2, 0.25) is 0 Å². The number of aryl methyl sites for hydroxylation is 2. The molecule has 2 aromatic carbocycles. The molecule has 2 aromatic rings. The zero-order valence-electron chi connectivity index (χ0n) is 12.3. The highest BCUT2D eigenvalue weighted by Crippen LogP contribution is 2.22. The second-order valence-corrected chi connectivity index (χ2v) is 5.58. The van der Waals surface area contributed by atoms with E-state index in [9.17, 15) is 0 Å². The molecule has 1 heterocycles. The van der Waals surface area contributed by atoms with Crippen molar-refractivity contribution in [3.05, 3.63) is 71.8 Å². The standard InChI is InChI=1S/C19H22O2/c1-3-7-16(8-4-1)11-13-18-19(21-15-20-18)14-12-17-9-5-2-6-10-17/h1-10,18-19H,11-15H2. The lowest BCUT2D eigenvalue weighted by Gasteiger charge is -2.17. The van der Waals surface area contributed by atoms with Gasteiger partial charge in [-0.25, -0.2) is 0 Å². The van der Waals surface area contributed by atoms with Crippen molar-refractivity contribution in [3.8, 4) is 0 Å². The number of ether oxygens (including phenoxy) is 2. The molecule has 0 aromatic heterocycles. The zero-order valence-corrected chi connectivity index (χ0v) is 12.3. The van der Waals surface area contributed by atoms with Crippen LogP contribution >= 0.6 is 0 Å². The summed E-state index contributed by atoms with van der Waals surface area (Å²) in [4.78, 5) is 0. The molecule has 1 aliphatic heterocycles. The van der Waals surface area contributed by atoms with Gasteiger partial charge in [-0.3, -0.25) is 0 Å². The van der Waals surface area contributed by atoms with Gasteiger partial charge in [0.25, 0.3) is 0 Å². The first-order chi connectivity index (χ1) is 10.4. The Kier molecular flexibility index (Phi) is 5.03. The van der Waals surface area contributed by atoms with Crippen molar-refractivity contribution >= 4 is 0 Å². The molecule has 2 atom stereocenters. The molecule has 2 unspecified atom stereocenters. The Morgan fingerprint density at radius 3 is 1.52 bits per heavy atom. The Hall–Kier alpha value is -1.64. The Balaban J connectivity index is 1.49. The lowest BCUT2D eigenvalue weighted by molar-refractivity contribution is 0.0366. The summed E-state index contributed by atoms with van der Waals surface area (Å²) in [5.74, 6) is 0. The normalized spacial score (nSPS) is 21.5. The Labute approximate surface area is 126 Å². The predicted octanol–water partition coefficient (Wildman–Crippen LogP) is 3.99. The molecule has 0 bridgehead atoms. The maximum Gasteiger partial charge on any atom is 0.147 e. The van der Waals surface area contributed by atoms with Crippen LogP contribution in [-0.4, -0.2) is 19.0 Å². The molecular formula is C19H22O2. The lowest BCUT2D eigenvalue weighted by Crippen LogP contribution is -2.23. The third kappa shape index (κ3) is 4.16. The van der Waals surface area contributed by atoms with Crippen molar-refractivity contribution in [2.75, 3.05) is 6.79 Å². The fourth-order valence-electron chi connectivity index (χ4n) is 2.87. The van der Waals surface area contributed by atoms with Crippen LogP contribution in [0.4, 0.5) is 0 Å². The van der Waals surface area contributed by atoms with Crippen molar-refractivity contribution in [1.29, 1.82) is 0 Å². The van der Waals surface area contributed by atoms with Crippen LogP contribution in [0, 0.1) is 0 Å². The van der Waals surface area contributed by atoms with Crippen molar-refractivity contribution in [1.82, 2.24) is 0 Å². The highest BCUT2D eigenvalue weighted by Gasteiger charge is 2.28. The van der Waals surface area contributed by atoms with Crippen molar-refractivity contribution < 1.29 is 9.47 Å². The lowest BCUT2D eigenvalue weighted by atomic mass is 9.99. The Morgan fingerprint density at radius 2 is 1.10 bits per heavy atom. The first kappa shape index (κ1) is 14.3. The highest BCUT2D eigenvalue weighted by molar-refractivity contribution is 5.16. The maximum atomic E-state index is 5.75. The molecular weight excluding hydrogens is 260 g/mol. The third-order valence-electron chi connectivity index (χ3n) is 4.10. The summed E-state index contributed by atoms with van der Waals surface area (Å²) in [5, 5.41) is 0. The SMILES string of the molecule is c1ccc(CCC2OCOC2CCc2ccccc2)cc1. The largest absolute Gasteiger partial charge is 0.349 e. The minimum atomic E-state index is 0.230. The molecule has 3 rings (SSSR count). The Bertz CT molecular complexity index is 474. The maximum absolute atomic E-state index is 5.75. The fourth-order valence-corrected chi connectivity index (χ4v) is 2.87. The van der Waals surface area contributed by atoms with E-state index >= 15 is 0 Å². The zero-order chi connectivity index (χ0) is 14.3. The van der Waals surface area contributed by atoms with E-state index in [4.69, 9.17) is 9.47 Å². The van der Waals surface area contributed by atoms with Crippen LogP contribution in [0.15, 0.2) is 60.7 Å². The molecule has 21 heavy (non-hydrogen) atoms. The monoisotopic (exact) mass is 282 g/mol. The van der Waals surface area contributed by atoms with Crippen LogP contribution in [0.1, 0.15) is 24.0 Å². The predicted molar refractivity (Wildman–Crippen MR) is 84.1 cm³/mol.